The van der Waals surface area contributed by atoms with Gasteiger partial charge in [0, 0.05) is 11.8 Å². The minimum Gasteiger partial charge on any atom is -0.494 e. The number of non-ortho nitro benzene ring substituents is 1. The van der Waals surface area contributed by atoms with Crippen LogP contribution in [0.4, 0.5) is 17.1 Å². The second kappa shape index (κ2) is 10.4. The second-order valence-electron chi connectivity index (χ2n) is 6.78. The number of carbonyl (C=O) groups is 2. The molecule has 160 valence electrons. The Balaban J connectivity index is 2.00. The highest BCUT2D eigenvalue weighted by Gasteiger charge is 2.22. The number of benzene rings is 2. The van der Waals surface area contributed by atoms with Crippen molar-refractivity contribution in [1.82, 2.24) is 4.90 Å². The summed E-state index contributed by atoms with van der Waals surface area (Å²) in [4.78, 5) is 37.0. The molecule has 0 heterocycles. The van der Waals surface area contributed by atoms with Gasteiger partial charge in [-0.2, -0.15) is 0 Å². The van der Waals surface area contributed by atoms with Crippen LogP contribution in [0.3, 0.4) is 0 Å². The Morgan fingerprint density at radius 1 is 1.17 bits per heavy atom. The third kappa shape index (κ3) is 5.77. The SMILES string of the molecule is CCc1ccccc1NC(=O)CN(C)[C@@H](C)C(=O)Nc1ccc([N+](=O)[O-])cc1OC. The highest BCUT2D eigenvalue weighted by Crippen LogP contribution is 2.29. The van der Waals surface area contributed by atoms with E-state index in [0.717, 1.165) is 17.7 Å². The van der Waals surface area contributed by atoms with E-state index in [1.54, 1.807) is 18.9 Å². The number of nitrogens with one attached hydrogen (secondary N) is 2. The van der Waals surface area contributed by atoms with Gasteiger partial charge in [0.05, 0.1) is 36.4 Å². The fourth-order valence-corrected chi connectivity index (χ4v) is 2.84. The van der Waals surface area contributed by atoms with Crippen molar-refractivity contribution in [3.63, 3.8) is 0 Å². The zero-order valence-corrected chi connectivity index (χ0v) is 17.5. The first-order chi connectivity index (χ1) is 14.3. The van der Waals surface area contributed by atoms with Crippen molar-refractivity contribution >= 4 is 28.9 Å². The number of anilines is 2. The van der Waals surface area contributed by atoms with Crippen molar-refractivity contribution in [2.24, 2.45) is 0 Å². The molecule has 0 fully saturated rings. The number of carbonyl (C=O) groups excluding carboxylic acids is 2. The standard InChI is InChI=1S/C21H26N4O5/c1-5-15-8-6-7-9-17(15)22-20(26)13-24(3)14(2)21(27)23-18-11-10-16(25(28)29)12-19(18)30-4/h6-12,14H,5,13H2,1-4H3,(H,22,26)(H,23,27)/t14-/m0/s1. The highest BCUT2D eigenvalue weighted by molar-refractivity contribution is 5.97. The summed E-state index contributed by atoms with van der Waals surface area (Å²) in [6.07, 6.45) is 0.794. The lowest BCUT2D eigenvalue weighted by Crippen LogP contribution is -2.43. The molecule has 0 spiro atoms. The predicted octanol–water partition coefficient (Wildman–Crippen LogP) is 3.06. The molecule has 30 heavy (non-hydrogen) atoms. The third-order valence-electron chi connectivity index (χ3n) is 4.76. The molecule has 2 amide bonds. The van der Waals surface area contributed by atoms with E-state index in [1.807, 2.05) is 31.2 Å². The molecule has 2 aromatic rings. The molecule has 0 unspecified atom stereocenters. The molecule has 0 radical (unpaired) electrons. The molecular formula is C21H26N4O5. The molecule has 2 aromatic carbocycles. The van der Waals surface area contributed by atoms with E-state index in [4.69, 9.17) is 4.74 Å². The van der Waals surface area contributed by atoms with E-state index in [1.165, 1.54) is 25.3 Å². The fourth-order valence-electron chi connectivity index (χ4n) is 2.84. The zero-order chi connectivity index (χ0) is 22.3. The lowest BCUT2D eigenvalue weighted by Gasteiger charge is -2.24. The summed E-state index contributed by atoms with van der Waals surface area (Å²) < 4.78 is 5.13. The maximum atomic E-state index is 12.6. The summed E-state index contributed by atoms with van der Waals surface area (Å²) in [6, 6.07) is 10.9. The van der Waals surface area contributed by atoms with Gasteiger partial charge in [-0.25, -0.2) is 0 Å². The molecule has 0 saturated heterocycles. The summed E-state index contributed by atoms with van der Waals surface area (Å²) in [6.45, 7) is 3.69. The van der Waals surface area contributed by atoms with Gasteiger partial charge < -0.3 is 15.4 Å². The second-order valence-corrected chi connectivity index (χ2v) is 6.78. The third-order valence-corrected chi connectivity index (χ3v) is 4.76. The Kier molecular flexibility index (Phi) is 7.88. The smallest absolute Gasteiger partial charge is 0.273 e. The lowest BCUT2D eigenvalue weighted by molar-refractivity contribution is -0.384. The van der Waals surface area contributed by atoms with Crippen molar-refractivity contribution in [2.45, 2.75) is 26.3 Å². The van der Waals surface area contributed by atoms with Gasteiger partial charge in [-0.3, -0.25) is 24.6 Å². The quantitative estimate of drug-likeness (QED) is 0.482. The molecule has 0 aromatic heterocycles. The highest BCUT2D eigenvalue weighted by atomic mass is 16.6. The fraction of sp³-hybridized carbons (Fsp3) is 0.333. The van der Waals surface area contributed by atoms with Crippen LogP contribution >= 0.6 is 0 Å². The van der Waals surface area contributed by atoms with Gasteiger partial charge in [-0.05, 0) is 38.1 Å². The van der Waals surface area contributed by atoms with Crippen LogP contribution in [0, 0.1) is 10.1 Å². The average molecular weight is 414 g/mol. The van der Waals surface area contributed by atoms with E-state index in [9.17, 15) is 19.7 Å². The molecule has 0 saturated carbocycles. The Morgan fingerprint density at radius 3 is 2.50 bits per heavy atom. The van der Waals surface area contributed by atoms with Gasteiger partial charge in [0.2, 0.25) is 11.8 Å². The summed E-state index contributed by atoms with van der Waals surface area (Å²) >= 11 is 0. The molecule has 9 nitrogen and oxygen atoms in total. The number of nitro benzene ring substituents is 1. The topological polar surface area (TPSA) is 114 Å². The minimum atomic E-state index is -0.628. The normalized spacial score (nSPS) is 11.6. The molecular weight excluding hydrogens is 388 g/mol. The molecule has 0 aliphatic carbocycles. The summed E-state index contributed by atoms with van der Waals surface area (Å²) in [5.41, 5.74) is 1.96. The number of nitrogens with zero attached hydrogens (tertiary/aromatic N) is 2. The van der Waals surface area contributed by atoms with Crippen LogP contribution in [0.15, 0.2) is 42.5 Å². The first-order valence-corrected chi connectivity index (χ1v) is 9.48. The summed E-state index contributed by atoms with van der Waals surface area (Å²) in [5.74, 6) is -0.418. The molecule has 0 aliphatic heterocycles. The van der Waals surface area contributed by atoms with Crippen molar-refractivity contribution in [2.75, 3.05) is 31.3 Å². The molecule has 1 atom stereocenters. The number of hydrogen-bond acceptors (Lipinski definition) is 6. The van der Waals surface area contributed by atoms with Crippen LogP contribution in [-0.4, -0.2) is 48.4 Å². The van der Waals surface area contributed by atoms with E-state index < -0.39 is 11.0 Å². The average Bonchev–Trinajstić information content (AvgIpc) is 2.73. The van der Waals surface area contributed by atoms with E-state index in [-0.39, 0.29) is 29.8 Å². The number of hydrogen-bond donors (Lipinski definition) is 2. The van der Waals surface area contributed by atoms with Gasteiger partial charge in [-0.1, -0.05) is 25.1 Å². The van der Waals surface area contributed by atoms with Gasteiger partial charge >= 0.3 is 0 Å². The number of amides is 2. The number of rotatable bonds is 9. The van der Waals surface area contributed by atoms with Crippen molar-refractivity contribution in [3.8, 4) is 5.75 Å². The number of methoxy groups -OCH3 is 1. The Morgan fingerprint density at radius 2 is 1.87 bits per heavy atom. The molecule has 0 aliphatic rings. The van der Waals surface area contributed by atoms with Gasteiger partial charge in [0.15, 0.2) is 0 Å². The van der Waals surface area contributed by atoms with Crippen LogP contribution in [0.25, 0.3) is 0 Å². The van der Waals surface area contributed by atoms with Crippen molar-refractivity contribution < 1.29 is 19.2 Å². The van der Waals surface area contributed by atoms with Gasteiger partial charge in [0.1, 0.15) is 5.75 Å². The van der Waals surface area contributed by atoms with Crippen molar-refractivity contribution in [3.05, 3.63) is 58.1 Å². The van der Waals surface area contributed by atoms with Crippen molar-refractivity contribution in [1.29, 1.82) is 0 Å². The summed E-state index contributed by atoms with van der Waals surface area (Å²) in [7, 11) is 3.03. The molecule has 2 rings (SSSR count). The Hall–Kier alpha value is -3.46. The van der Waals surface area contributed by atoms with E-state index in [0.29, 0.717) is 5.69 Å². The summed E-state index contributed by atoms with van der Waals surface area (Å²) in [5, 5.41) is 16.5. The lowest BCUT2D eigenvalue weighted by atomic mass is 10.1. The first kappa shape index (κ1) is 22.8. The number of para-hydroxylation sites is 1. The molecule has 9 heteroatoms. The first-order valence-electron chi connectivity index (χ1n) is 9.48. The number of likely N-dealkylation sites (N-methyl/N-ethyl adjacent to an activating group) is 1. The molecule has 0 bridgehead atoms. The van der Waals surface area contributed by atoms with Gasteiger partial charge in [-0.15, -0.1) is 0 Å². The Bertz CT molecular complexity index is 931. The number of nitro groups is 1. The Labute approximate surface area is 175 Å². The van der Waals surface area contributed by atoms with Crippen LogP contribution in [0.2, 0.25) is 0 Å². The maximum Gasteiger partial charge on any atom is 0.273 e. The minimum absolute atomic E-state index is 0.0179. The van der Waals surface area contributed by atoms with Crippen LogP contribution < -0.4 is 15.4 Å². The number of ether oxygens (including phenoxy) is 1. The monoisotopic (exact) mass is 414 g/mol. The molecule has 2 N–H and O–H groups in total. The van der Waals surface area contributed by atoms with E-state index >= 15 is 0 Å². The number of aryl methyl sites for hydroxylation is 1. The van der Waals surface area contributed by atoms with Crippen LogP contribution in [0.1, 0.15) is 19.4 Å². The van der Waals surface area contributed by atoms with Gasteiger partial charge in [0.25, 0.3) is 5.69 Å². The maximum absolute atomic E-state index is 12.6. The largest absolute Gasteiger partial charge is 0.494 e. The predicted molar refractivity (Wildman–Crippen MR) is 115 cm³/mol. The zero-order valence-electron chi connectivity index (χ0n) is 17.5. The van der Waals surface area contributed by atoms with E-state index in [2.05, 4.69) is 10.6 Å². The van der Waals surface area contributed by atoms with Crippen LogP contribution in [0.5, 0.6) is 5.75 Å². The van der Waals surface area contributed by atoms with Crippen LogP contribution in [-0.2, 0) is 16.0 Å².